The summed E-state index contributed by atoms with van der Waals surface area (Å²) in [5.41, 5.74) is 1.73. The molecule has 6 nitrogen and oxygen atoms in total. The Balaban J connectivity index is 1.56. The minimum Gasteiger partial charge on any atom is -0.379 e. The molecule has 1 aliphatic heterocycles. The molecule has 0 bridgehead atoms. The van der Waals surface area contributed by atoms with Gasteiger partial charge >= 0.3 is 0 Å². The Kier molecular flexibility index (Phi) is 7.01. The van der Waals surface area contributed by atoms with Gasteiger partial charge in [-0.15, -0.1) is 0 Å². The fraction of sp³-hybridized carbons (Fsp3) is 0.391. The average Bonchev–Trinajstić information content (AvgIpc) is 2.79. The molecule has 0 radical (unpaired) electrons. The van der Waals surface area contributed by atoms with E-state index in [-0.39, 0.29) is 17.4 Å². The average molecular weight is 396 g/mol. The number of hydrogen-bond donors (Lipinski definition) is 2. The van der Waals surface area contributed by atoms with Crippen LogP contribution in [0, 0.1) is 0 Å². The topological polar surface area (TPSA) is 70.7 Å². The molecular weight excluding hydrogens is 366 g/mol. The third-order valence-electron chi connectivity index (χ3n) is 5.61. The number of rotatable bonds is 7. The summed E-state index contributed by atoms with van der Waals surface area (Å²) in [6.07, 6.45) is 0.942. The van der Waals surface area contributed by atoms with E-state index in [0.29, 0.717) is 23.4 Å². The van der Waals surface area contributed by atoms with Gasteiger partial charge in [-0.25, -0.2) is 0 Å². The van der Waals surface area contributed by atoms with Gasteiger partial charge in [-0.3, -0.25) is 14.5 Å². The van der Waals surface area contributed by atoms with Gasteiger partial charge in [0.1, 0.15) is 0 Å². The van der Waals surface area contributed by atoms with Crippen molar-refractivity contribution < 1.29 is 14.3 Å². The van der Waals surface area contributed by atoms with Gasteiger partial charge in [-0.1, -0.05) is 25.1 Å². The Bertz CT molecular complexity index is 817. The van der Waals surface area contributed by atoms with Crippen LogP contribution >= 0.6 is 0 Å². The molecule has 0 spiro atoms. The molecule has 2 N–H and O–H groups in total. The van der Waals surface area contributed by atoms with Crippen LogP contribution in [0.2, 0.25) is 0 Å². The molecule has 154 valence electrons. The number of amides is 2. The number of hydrogen-bond acceptors (Lipinski definition) is 4. The largest absolute Gasteiger partial charge is 0.379 e. The lowest BCUT2D eigenvalue weighted by Crippen LogP contribution is -2.56. The maximum Gasteiger partial charge on any atom is 0.255 e. The number of nitrogens with one attached hydrogen (secondary N) is 2. The second-order valence-electron chi connectivity index (χ2n) is 7.53. The van der Waals surface area contributed by atoms with Crippen molar-refractivity contribution in [2.75, 3.05) is 38.2 Å². The van der Waals surface area contributed by atoms with Crippen LogP contribution in [0.15, 0.2) is 54.6 Å². The Labute approximate surface area is 172 Å². The highest BCUT2D eigenvalue weighted by atomic mass is 16.5. The van der Waals surface area contributed by atoms with Gasteiger partial charge in [-0.2, -0.15) is 0 Å². The Morgan fingerprint density at radius 3 is 2.21 bits per heavy atom. The van der Waals surface area contributed by atoms with Gasteiger partial charge < -0.3 is 15.4 Å². The highest BCUT2D eigenvalue weighted by molar-refractivity contribution is 6.04. The molecule has 3 rings (SSSR count). The second kappa shape index (κ2) is 9.67. The lowest BCUT2D eigenvalue weighted by Gasteiger charge is -2.43. The molecule has 1 saturated heterocycles. The molecule has 0 aromatic heterocycles. The molecule has 2 aromatic rings. The van der Waals surface area contributed by atoms with Crippen LogP contribution in [-0.2, 0) is 4.74 Å². The fourth-order valence-corrected chi connectivity index (χ4v) is 3.43. The van der Waals surface area contributed by atoms with Gasteiger partial charge in [0.2, 0.25) is 0 Å². The van der Waals surface area contributed by atoms with E-state index in [1.807, 2.05) is 18.2 Å². The van der Waals surface area contributed by atoms with Crippen LogP contribution < -0.4 is 10.6 Å². The molecule has 1 heterocycles. The first-order valence-corrected chi connectivity index (χ1v) is 10.1. The van der Waals surface area contributed by atoms with Crippen molar-refractivity contribution in [2.24, 2.45) is 0 Å². The van der Waals surface area contributed by atoms with Crippen LogP contribution in [0.4, 0.5) is 5.69 Å². The molecule has 1 unspecified atom stereocenters. The van der Waals surface area contributed by atoms with E-state index in [1.54, 1.807) is 36.4 Å². The normalized spacial score (nSPS) is 16.6. The zero-order valence-corrected chi connectivity index (χ0v) is 17.1. The van der Waals surface area contributed by atoms with Crippen molar-refractivity contribution in [3.8, 4) is 0 Å². The van der Waals surface area contributed by atoms with E-state index in [1.165, 1.54) is 0 Å². The fourth-order valence-electron chi connectivity index (χ4n) is 3.43. The first kappa shape index (κ1) is 21.0. The van der Waals surface area contributed by atoms with Crippen LogP contribution in [0.25, 0.3) is 0 Å². The van der Waals surface area contributed by atoms with Gasteiger partial charge in [-0.05, 0) is 49.7 Å². The first-order chi connectivity index (χ1) is 14.0. The van der Waals surface area contributed by atoms with Gasteiger partial charge in [0.05, 0.1) is 13.2 Å². The summed E-state index contributed by atoms with van der Waals surface area (Å²) in [5, 5.41) is 5.91. The Morgan fingerprint density at radius 2 is 1.59 bits per heavy atom. The van der Waals surface area contributed by atoms with E-state index in [4.69, 9.17) is 4.74 Å². The summed E-state index contributed by atoms with van der Waals surface area (Å²) >= 11 is 0. The predicted molar refractivity (Wildman–Crippen MR) is 114 cm³/mol. The predicted octanol–water partition coefficient (Wildman–Crippen LogP) is 3.17. The molecule has 2 amide bonds. The maximum absolute atomic E-state index is 12.6. The summed E-state index contributed by atoms with van der Waals surface area (Å²) in [6.45, 7) is 8.15. The monoisotopic (exact) mass is 395 g/mol. The molecule has 0 aliphatic carbocycles. The van der Waals surface area contributed by atoms with E-state index in [2.05, 4.69) is 29.4 Å². The minimum absolute atomic E-state index is 0.0942. The van der Waals surface area contributed by atoms with Crippen LogP contribution in [0.1, 0.15) is 41.0 Å². The van der Waals surface area contributed by atoms with Crippen molar-refractivity contribution >= 4 is 17.5 Å². The van der Waals surface area contributed by atoms with Crippen molar-refractivity contribution in [2.45, 2.75) is 25.8 Å². The van der Waals surface area contributed by atoms with E-state index in [9.17, 15) is 9.59 Å². The summed E-state index contributed by atoms with van der Waals surface area (Å²) in [7, 11) is 0. The number of carbonyl (C=O) groups excluding carboxylic acids is 2. The minimum atomic E-state index is -0.174. The quantitative estimate of drug-likeness (QED) is 0.755. The zero-order chi connectivity index (χ0) is 20.7. The highest BCUT2D eigenvalue weighted by Gasteiger charge is 2.31. The first-order valence-electron chi connectivity index (χ1n) is 10.1. The number of nitrogens with zero attached hydrogens (tertiary/aromatic N) is 1. The highest BCUT2D eigenvalue weighted by Crippen LogP contribution is 2.20. The summed E-state index contributed by atoms with van der Waals surface area (Å²) in [4.78, 5) is 27.2. The standard InChI is InChI=1S/C23H29N3O3/c1-3-23(2,26-13-15-29-16-14-26)17-24-21(27)19-9-11-20(12-10-19)25-22(28)18-7-5-4-6-8-18/h4-12H,3,13-17H2,1-2H3,(H,24,27)(H,25,28). The molecular formula is C23H29N3O3. The number of benzene rings is 2. The molecule has 1 fully saturated rings. The molecule has 2 aromatic carbocycles. The van der Waals surface area contributed by atoms with Gasteiger partial charge in [0.15, 0.2) is 0 Å². The lowest BCUT2D eigenvalue weighted by molar-refractivity contribution is -0.0169. The number of anilines is 1. The zero-order valence-electron chi connectivity index (χ0n) is 17.1. The Hall–Kier alpha value is -2.70. The molecule has 29 heavy (non-hydrogen) atoms. The molecule has 1 aliphatic rings. The van der Waals surface area contributed by atoms with Crippen molar-refractivity contribution in [3.05, 3.63) is 65.7 Å². The summed E-state index contributed by atoms with van der Waals surface area (Å²) in [5.74, 6) is -0.286. The van der Waals surface area contributed by atoms with Crippen LogP contribution in [0.5, 0.6) is 0 Å². The van der Waals surface area contributed by atoms with Crippen molar-refractivity contribution in [1.82, 2.24) is 10.2 Å². The second-order valence-corrected chi connectivity index (χ2v) is 7.53. The van der Waals surface area contributed by atoms with Crippen molar-refractivity contribution in [1.29, 1.82) is 0 Å². The van der Waals surface area contributed by atoms with Crippen molar-refractivity contribution in [3.63, 3.8) is 0 Å². The number of carbonyl (C=O) groups is 2. The van der Waals surface area contributed by atoms with Crippen LogP contribution in [0.3, 0.4) is 0 Å². The molecule has 0 saturated carbocycles. The third-order valence-corrected chi connectivity index (χ3v) is 5.61. The number of ether oxygens (including phenoxy) is 1. The molecule has 1 atom stereocenters. The Morgan fingerprint density at radius 1 is 0.966 bits per heavy atom. The van der Waals surface area contributed by atoms with Gasteiger partial charge in [0, 0.05) is 42.0 Å². The SMILES string of the molecule is CCC(C)(CNC(=O)c1ccc(NC(=O)c2ccccc2)cc1)N1CCOCC1. The molecule has 6 heteroatoms. The maximum atomic E-state index is 12.6. The smallest absolute Gasteiger partial charge is 0.255 e. The van der Waals surface area contributed by atoms with E-state index >= 15 is 0 Å². The van der Waals surface area contributed by atoms with E-state index < -0.39 is 0 Å². The van der Waals surface area contributed by atoms with Gasteiger partial charge in [0.25, 0.3) is 11.8 Å². The number of morpholine rings is 1. The third kappa shape index (κ3) is 5.43. The van der Waals surface area contributed by atoms with Crippen LogP contribution in [-0.4, -0.2) is 55.1 Å². The lowest BCUT2D eigenvalue weighted by atomic mass is 9.95. The van der Waals surface area contributed by atoms with E-state index in [0.717, 1.165) is 32.7 Å². The summed E-state index contributed by atoms with van der Waals surface area (Å²) in [6, 6.07) is 16.0. The summed E-state index contributed by atoms with van der Waals surface area (Å²) < 4.78 is 5.44.